The lowest BCUT2D eigenvalue weighted by molar-refractivity contribution is -0.134. The molecule has 8 heteroatoms. The third kappa shape index (κ3) is 4.26. The summed E-state index contributed by atoms with van der Waals surface area (Å²) in [6, 6.07) is 10.6. The third-order valence-corrected chi connectivity index (χ3v) is 5.22. The van der Waals surface area contributed by atoms with Gasteiger partial charge in [-0.1, -0.05) is 6.07 Å². The van der Waals surface area contributed by atoms with Gasteiger partial charge in [0, 0.05) is 50.9 Å². The first-order valence-corrected chi connectivity index (χ1v) is 9.75. The first-order valence-electron chi connectivity index (χ1n) is 9.75. The molecule has 0 spiro atoms. The molecule has 2 aromatic rings. The molecule has 152 valence electrons. The SMILES string of the molecule is O=C(COc1cccc(N2CCCC2=O)c1)N1CCN(C(=O)c2ccco2)CC1. The maximum atomic E-state index is 12.5. The molecule has 1 aromatic heterocycles. The van der Waals surface area contributed by atoms with Crippen molar-refractivity contribution in [2.45, 2.75) is 12.8 Å². The van der Waals surface area contributed by atoms with Crippen LogP contribution in [-0.4, -0.2) is 66.9 Å². The fraction of sp³-hybridized carbons (Fsp3) is 0.381. The van der Waals surface area contributed by atoms with Gasteiger partial charge in [-0.15, -0.1) is 0 Å². The van der Waals surface area contributed by atoms with E-state index in [1.807, 2.05) is 12.1 Å². The molecule has 3 heterocycles. The Morgan fingerprint density at radius 2 is 1.79 bits per heavy atom. The number of hydrogen-bond acceptors (Lipinski definition) is 5. The van der Waals surface area contributed by atoms with E-state index in [0.717, 1.165) is 12.1 Å². The van der Waals surface area contributed by atoms with Crippen LogP contribution in [0.4, 0.5) is 5.69 Å². The summed E-state index contributed by atoms with van der Waals surface area (Å²) in [4.78, 5) is 41.8. The number of hydrogen-bond donors (Lipinski definition) is 0. The fourth-order valence-electron chi connectivity index (χ4n) is 3.61. The molecule has 2 saturated heterocycles. The van der Waals surface area contributed by atoms with E-state index in [4.69, 9.17) is 9.15 Å². The minimum atomic E-state index is -0.161. The number of piperazine rings is 1. The van der Waals surface area contributed by atoms with Crippen LogP contribution in [0.1, 0.15) is 23.4 Å². The molecule has 8 nitrogen and oxygen atoms in total. The molecule has 0 bridgehead atoms. The van der Waals surface area contributed by atoms with Gasteiger partial charge in [0.15, 0.2) is 12.4 Å². The lowest BCUT2D eigenvalue weighted by Gasteiger charge is -2.34. The molecule has 2 aliphatic rings. The third-order valence-electron chi connectivity index (χ3n) is 5.22. The maximum absolute atomic E-state index is 12.5. The summed E-state index contributed by atoms with van der Waals surface area (Å²) in [5.41, 5.74) is 0.794. The first kappa shape index (κ1) is 19.0. The van der Waals surface area contributed by atoms with Crippen molar-refractivity contribution < 1.29 is 23.5 Å². The van der Waals surface area contributed by atoms with Gasteiger partial charge in [-0.3, -0.25) is 14.4 Å². The number of amides is 3. The van der Waals surface area contributed by atoms with E-state index in [2.05, 4.69) is 0 Å². The zero-order valence-electron chi connectivity index (χ0n) is 16.1. The van der Waals surface area contributed by atoms with Crippen molar-refractivity contribution in [3.05, 3.63) is 48.4 Å². The van der Waals surface area contributed by atoms with E-state index >= 15 is 0 Å². The van der Waals surface area contributed by atoms with Crippen LogP contribution >= 0.6 is 0 Å². The van der Waals surface area contributed by atoms with Crippen LogP contribution in [0.25, 0.3) is 0 Å². The number of ether oxygens (including phenoxy) is 1. The summed E-state index contributed by atoms with van der Waals surface area (Å²) in [5, 5.41) is 0. The summed E-state index contributed by atoms with van der Waals surface area (Å²) < 4.78 is 10.8. The Balaban J connectivity index is 1.27. The second-order valence-electron chi connectivity index (χ2n) is 7.09. The van der Waals surface area contributed by atoms with Crippen molar-refractivity contribution in [3.8, 4) is 5.75 Å². The summed E-state index contributed by atoms with van der Waals surface area (Å²) in [5.74, 6) is 0.691. The largest absolute Gasteiger partial charge is 0.484 e. The van der Waals surface area contributed by atoms with Crippen molar-refractivity contribution in [3.63, 3.8) is 0 Å². The first-order chi connectivity index (χ1) is 14.1. The number of carbonyl (C=O) groups is 3. The Morgan fingerprint density at radius 1 is 1.00 bits per heavy atom. The maximum Gasteiger partial charge on any atom is 0.289 e. The summed E-state index contributed by atoms with van der Waals surface area (Å²) in [7, 11) is 0. The molecule has 29 heavy (non-hydrogen) atoms. The van der Waals surface area contributed by atoms with Crippen LogP contribution in [0, 0.1) is 0 Å². The minimum Gasteiger partial charge on any atom is -0.484 e. The van der Waals surface area contributed by atoms with Crippen molar-refractivity contribution >= 4 is 23.4 Å². The Kier molecular flexibility index (Phi) is 5.50. The Labute approximate surface area is 168 Å². The predicted molar refractivity (Wildman–Crippen MR) is 105 cm³/mol. The number of furan rings is 1. The lowest BCUT2D eigenvalue weighted by atomic mass is 10.2. The van der Waals surface area contributed by atoms with E-state index in [9.17, 15) is 14.4 Å². The van der Waals surface area contributed by atoms with E-state index in [1.54, 1.807) is 39.0 Å². The van der Waals surface area contributed by atoms with E-state index < -0.39 is 0 Å². The van der Waals surface area contributed by atoms with Gasteiger partial charge in [0.2, 0.25) is 5.91 Å². The molecule has 1 aromatic carbocycles. The highest BCUT2D eigenvalue weighted by molar-refractivity contribution is 5.95. The topological polar surface area (TPSA) is 83.3 Å². The van der Waals surface area contributed by atoms with Gasteiger partial charge in [0.05, 0.1) is 6.26 Å². The number of anilines is 1. The van der Waals surface area contributed by atoms with E-state index in [-0.39, 0.29) is 24.3 Å². The molecule has 0 N–H and O–H groups in total. The van der Waals surface area contributed by atoms with Crippen LogP contribution in [0.2, 0.25) is 0 Å². The van der Waals surface area contributed by atoms with E-state index in [1.165, 1.54) is 6.26 Å². The second-order valence-corrected chi connectivity index (χ2v) is 7.09. The molecule has 0 atom stereocenters. The molecule has 3 amide bonds. The molecule has 2 fully saturated rings. The van der Waals surface area contributed by atoms with Gasteiger partial charge >= 0.3 is 0 Å². The van der Waals surface area contributed by atoms with Crippen LogP contribution in [0.3, 0.4) is 0 Å². The van der Waals surface area contributed by atoms with Crippen molar-refractivity contribution in [1.82, 2.24) is 9.80 Å². The lowest BCUT2D eigenvalue weighted by Crippen LogP contribution is -2.51. The number of benzene rings is 1. The molecule has 0 aliphatic carbocycles. The molecule has 0 unspecified atom stereocenters. The average Bonchev–Trinajstić information content (AvgIpc) is 3.44. The number of nitrogens with zero attached hydrogens (tertiary/aromatic N) is 3. The van der Waals surface area contributed by atoms with Crippen LogP contribution in [0.15, 0.2) is 47.1 Å². The highest BCUT2D eigenvalue weighted by Gasteiger charge is 2.26. The van der Waals surface area contributed by atoms with Gasteiger partial charge in [0.1, 0.15) is 5.75 Å². The number of carbonyl (C=O) groups excluding carboxylic acids is 3. The van der Waals surface area contributed by atoms with Gasteiger partial charge < -0.3 is 23.9 Å². The standard InChI is InChI=1S/C21H23N3O5/c25-19-7-2-8-24(19)16-4-1-5-17(14-16)29-15-20(26)22-9-11-23(12-10-22)21(27)18-6-3-13-28-18/h1,3-6,13-14H,2,7-12,15H2. The molecule has 4 rings (SSSR count). The Bertz CT molecular complexity index is 887. The Morgan fingerprint density at radius 3 is 2.48 bits per heavy atom. The van der Waals surface area contributed by atoms with Crippen molar-refractivity contribution in [2.75, 3.05) is 44.2 Å². The highest BCUT2D eigenvalue weighted by atomic mass is 16.5. The highest BCUT2D eigenvalue weighted by Crippen LogP contribution is 2.25. The monoisotopic (exact) mass is 397 g/mol. The summed E-state index contributed by atoms with van der Waals surface area (Å²) >= 11 is 0. The Hall–Kier alpha value is -3.29. The van der Waals surface area contributed by atoms with Crippen molar-refractivity contribution in [2.24, 2.45) is 0 Å². The zero-order chi connectivity index (χ0) is 20.2. The molecule has 2 aliphatic heterocycles. The van der Waals surface area contributed by atoms with Crippen LogP contribution in [0.5, 0.6) is 5.75 Å². The fourth-order valence-corrected chi connectivity index (χ4v) is 3.61. The zero-order valence-corrected chi connectivity index (χ0v) is 16.1. The van der Waals surface area contributed by atoms with Gasteiger partial charge in [0.25, 0.3) is 11.8 Å². The van der Waals surface area contributed by atoms with Gasteiger partial charge in [-0.05, 0) is 30.7 Å². The van der Waals surface area contributed by atoms with Crippen LogP contribution < -0.4 is 9.64 Å². The average molecular weight is 397 g/mol. The smallest absolute Gasteiger partial charge is 0.289 e. The molecular weight excluding hydrogens is 374 g/mol. The van der Waals surface area contributed by atoms with Crippen LogP contribution in [-0.2, 0) is 9.59 Å². The molecule has 0 radical (unpaired) electrons. The number of rotatable bonds is 5. The van der Waals surface area contributed by atoms with Crippen molar-refractivity contribution in [1.29, 1.82) is 0 Å². The quantitative estimate of drug-likeness (QED) is 0.768. The van der Waals surface area contributed by atoms with Gasteiger partial charge in [-0.2, -0.15) is 0 Å². The van der Waals surface area contributed by atoms with Gasteiger partial charge in [-0.25, -0.2) is 0 Å². The van der Waals surface area contributed by atoms with E-state index in [0.29, 0.717) is 50.7 Å². The summed E-state index contributed by atoms with van der Waals surface area (Å²) in [6.45, 7) is 2.45. The minimum absolute atomic E-state index is 0.0798. The summed E-state index contributed by atoms with van der Waals surface area (Å²) in [6.07, 6.45) is 2.90. The normalized spacial score (nSPS) is 17.0. The molecule has 0 saturated carbocycles. The molecular formula is C21H23N3O5. The predicted octanol–water partition coefficient (Wildman–Crippen LogP) is 1.77. The second kappa shape index (κ2) is 8.38.